The lowest BCUT2D eigenvalue weighted by Crippen LogP contribution is -2.61. The molecule has 0 bridgehead atoms. The van der Waals surface area contributed by atoms with Gasteiger partial charge in [-0.1, -0.05) is 0 Å². The van der Waals surface area contributed by atoms with Crippen LogP contribution in [0.15, 0.2) is 12.1 Å². The molecule has 1 atom stereocenters. The first-order chi connectivity index (χ1) is 12.1. The Morgan fingerprint density at radius 3 is 2.72 bits per heavy atom. The van der Waals surface area contributed by atoms with Gasteiger partial charge in [0.15, 0.2) is 5.82 Å². The van der Waals surface area contributed by atoms with Gasteiger partial charge in [-0.25, -0.2) is 0 Å². The van der Waals surface area contributed by atoms with Crippen LogP contribution >= 0.6 is 0 Å². The van der Waals surface area contributed by atoms with Crippen LogP contribution in [0.5, 0.6) is 0 Å². The topological polar surface area (TPSA) is 61.8 Å². The lowest BCUT2D eigenvalue weighted by atomic mass is 10.1. The normalized spacial score (nSPS) is 24.5. The highest BCUT2D eigenvalue weighted by Crippen LogP contribution is 2.38. The molecule has 25 heavy (non-hydrogen) atoms. The van der Waals surface area contributed by atoms with Gasteiger partial charge in [-0.05, 0) is 32.0 Å². The molecule has 4 rings (SSSR count). The number of amides is 1. The molecule has 1 aromatic heterocycles. The molecule has 1 unspecified atom stereocenters. The Morgan fingerprint density at radius 2 is 2.08 bits per heavy atom. The first kappa shape index (κ1) is 16.7. The Balaban J connectivity index is 1.24. The Morgan fingerprint density at radius 1 is 1.28 bits per heavy atom. The Kier molecular flexibility index (Phi) is 4.60. The summed E-state index contributed by atoms with van der Waals surface area (Å²) in [6.45, 7) is 6.47. The first-order valence-electron chi connectivity index (χ1n) is 9.26. The molecule has 2 saturated heterocycles. The van der Waals surface area contributed by atoms with Gasteiger partial charge in [0, 0.05) is 51.6 Å². The third-order valence-electron chi connectivity index (χ3n) is 5.55. The number of hydrogen-bond donors (Lipinski definition) is 0. The minimum absolute atomic E-state index is 0.106. The summed E-state index contributed by atoms with van der Waals surface area (Å²) in [5, 5.41) is 8.76. The maximum atomic E-state index is 11.5. The van der Waals surface area contributed by atoms with Crippen molar-refractivity contribution in [1.82, 2.24) is 20.0 Å². The molecule has 0 radical (unpaired) electrons. The number of carbonyl (C=O) groups is 1. The molecule has 1 saturated carbocycles. The Hall–Kier alpha value is -1.73. The van der Waals surface area contributed by atoms with Crippen LogP contribution < -0.4 is 4.90 Å². The molecule has 2 aliphatic heterocycles. The third kappa shape index (κ3) is 3.77. The van der Waals surface area contributed by atoms with Crippen LogP contribution in [0.2, 0.25) is 0 Å². The fraction of sp³-hybridized carbons (Fsp3) is 0.722. The van der Waals surface area contributed by atoms with Crippen molar-refractivity contribution in [2.45, 2.75) is 37.8 Å². The lowest BCUT2D eigenvalue weighted by Gasteiger charge is -2.46. The van der Waals surface area contributed by atoms with Crippen LogP contribution in [0.4, 0.5) is 5.82 Å². The van der Waals surface area contributed by atoms with Crippen molar-refractivity contribution >= 4 is 11.7 Å². The van der Waals surface area contributed by atoms with Crippen molar-refractivity contribution in [3.8, 4) is 0 Å². The summed E-state index contributed by atoms with van der Waals surface area (Å²) >= 11 is 0. The number of aromatic nitrogens is 2. The number of hydrogen-bond acceptors (Lipinski definition) is 6. The maximum Gasteiger partial charge on any atom is 0.219 e. The molecule has 0 spiro atoms. The zero-order valence-electron chi connectivity index (χ0n) is 15.1. The second kappa shape index (κ2) is 6.88. The van der Waals surface area contributed by atoms with Crippen molar-refractivity contribution in [2.24, 2.45) is 0 Å². The molecule has 7 heteroatoms. The largest absolute Gasteiger partial charge is 0.373 e. The van der Waals surface area contributed by atoms with Gasteiger partial charge < -0.3 is 14.5 Å². The highest BCUT2D eigenvalue weighted by Gasteiger charge is 2.34. The molecule has 1 aromatic rings. The average Bonchev–Trinajstić information content (AvgIpc) is 3.39. The van der Waals surface area contributed by atoms with Gasteiger partial charge in [0.05, 0.1) is 18.4 Å². The van der Waals surface area contributed by atoms with Crippen LogP contribution in [0, 0.1) is 0 Å². The molecule has 3 heterocycles. The van der Waals surface area contributed by atoms with Crippen molar-refractivity contribution in [3.63, 3.8) is 0 Å². The molecule has 3 fully saturated rings. The second-order valence-corrected chi connectivity index (χ2v) is 7.55. The van der Waals surface area contributed by atoms with Crippen LogP contribution in [-0.2, 0) is 9.53 Å². The van der Waals surface area contributed by atoms with Crippen LogP contribution in [0.1, 0.15) is 31.4 Å². The summed E-state index contributed by atoms with van der Waals surface area (Å²) in [7, 11) is 2.14. The molecule has 0 aromatic carbocycles. The summed E-state index contributed by atoms with van der Waals surface area (Å²) in [6, 6.07) is 4.73. The molecule has 136 valence electrons. The van der Waals surface area contributed by atoms with Gasteiger partial charge >= 0.3 is 0 Å². The number of rotatable bonds is 5. The fourth-order valence-corrected chi connectivity index (χ4v) is 3.61. The monoisotopic (exact) mass is 345 g/mol. The van der Waals surface area contributed by atoms with Gasteiger partial charge in [-0.3, -0.25) is 9.69 Å². The first-order valence-corrected chi connectivity index (χ1v) is 9.26. The smallest absolute Gasteiger partial charge is 0.219 e. The van der Waals surface area contributed by atoms with E-state index < -0.39 is 0 Å². The number of likely N-dealkylation sites (N-methyl/N-ethyl adjacent to an activating group) is 1. The molecule has 1 aliphatic carbocycles. The van der Waals surface area contributed by atoms with E-state index in [0.717, 1.165) is 31.1 Å². The van der Waals surface area contributed by atoms with E-state index in [2.05, 4.69) is 39.2 Å². The number of morpholine rings is 1. The average molecular weight is 345 g/mol. The summed E-state index contributed by atoms with van der Waals surface area (Å²) < 4.78 is 5.83. The van der Waals surface area contributed by atoms with Gasteiger partial charge in [0.25, 0.3) is 0 Å². The summed E-state index contributed by atoms with van der Waals surface area (Å²) in [5.41, 5.74) is 1.14. The quantitative estimate of drug-likeness (QED) is 0.784. The van der Waals surface area contributed by atoms with E-state index in [1.807, 2.05) is 4.90 Å². The van der Waals surface area contributed by atoms with Crippen LogP contribution in [0.3, 0.4) is 0 Å². The van der Waals surface area contributed by atoms with E-state index in [-0.39, 0.29) is 12.0 Å². The summed E-state index contributed by atoms with van der Waals surface area (Å²) in [5.74, 6) is 1.77. The third-order valence-corrected chi connectivity index (χ3v) is 5.55. The fourth-order valence-electron chi connectivity index (χ4n) is 3.61. The SMILES string of the molecule is CC(=O)N1CCOC(CN(C)C2CN(c3ccc(C4CC4)nn3)C2)C1. The molecule has 3 aliphatic rings. The van der Waals surface area contributed by atoms with Crippen molar-refractivity contribution in [1.29, 1.82) is 0 Å². The lowest BCUT2D eigenvalue weighted by molar-refractivity contribution is -0.137. The minimum atomic E-state index is 0.106. The van der Waals surface area contributed by atoms with E-state index in [1.165, 1.54) is 12.8 Å². The molecule has 1 amide bonds. The van der Waals surface area contributed by atoms with Crippen LogP contribution in [-0.4, -0.2) is 84.4 Å². The maximum absolute atomic E-state index is 11.5. The van der Waals surface area contributed by atoms with Gasteiger partial charge in [-0.15, -0.1) is 5.10 Å². The zero-order valence-corrected chi connectivity index (χ0v) is 15.1. The number of anilines is 1. The Labute approximate surface area is 148 Å². The molecule has 0 N–H and O–H groups in total. The van der Waals surface area contributed by atoms with E-state index in [1.54, 1.807) is 6.92 Å². The van der Waals surface area contributed by atoms with Gasteiger partial charge in [0.1, 0.15) is 0 Å². The predicted molar refractivity (Wildman–Crippen MR) is 94.6 cm³/mol. The second-order valence-electron chi connectivity index (χ2n) is 7.55. The minimum Gasteiger partial charge on any atom is -0.373 e. The zero-order chi connectivity index (χ0) is 17.4. The Bertz CT molecular complexity index is 612. The number of ether oxygens (including phenoxy) is 1. The van der Waals surface area contributed by atoms with Crippen LogP contribution in [0.25, 0.3) is 0 Å². The standard InChI is InChI=1S/C18H27N5O2/c1-13(24)22-7-8-25-16(12-22)11-21(2)15-9-23(10-15)18-6-5-17(19-20-18)14-3-4-14/h5-6,14-16H,3-4,7-12H2,1-2H3. The van der Waals surface area contributed by atoms with Gasteiger partial charge in [-0.2, -0.15) is 5.10 Å². The molecule has 7 nitrogen and oxygen atoms in total. The van der Waals surface area contributed by atoms with Gasteiger partial charge in [0.2, 0.25) is 5.91 Å². The number of nitrogens with zero attached hydrogens (tertiary/aromatic N) is 5. The molecular weight excluding hydrogens is 318 g/mol. The van der Waals surface area contributed by atoms with E-state index in [4.69, 9.17) is 4.74 Å². The summed E-state index contributed by atoms with van der Waals surface area (Å²) in [4.78, 5) is 18.0. The molecular formula is C18H27N5O2. The van der Waals surface area contributed by atoms with E-state index in [9.17, 15) is 4.79 Å². The predicted octanol–water partition coefficient (Wildman–Crippen LogP) is 0.722. The summed E-state index contributed by atoms with van der Waals surface area (Å²) in [6.07, 6.45) is 2.62. The van der Waals surface area contributed by atoms with E-state index in [0.29, 0.717) is 31.7 Å². The number of carbonyl (C=O) groups excluding carboxylic acids is 1. The highest BCUT2D eigenvalue weighted by molar-refractivity contribution is 5.73. The van der Waals surface area contributed by atoms with E-state index >= 15 is 0 Å². The van der Waals surface area contributed by atoms with Crippen molar-refractivity contribution in [2.75, 3.05) is 51.3 Å². The van der Waals surface area contributed by atoms with Crippen molar-refractivity contribution in [3.05, 3.63) is 17.8 Å². The highest BCUT2D eigenvalue weighted by atomic mass is 16.5. The van der Waals surface area contributed by atoms with Crippen molar-refractivity contribution < 1.29 is 9.53 Å².